The van der Waals surface area contributed by atoms with Gasteiger partial charge in [0.15, 0.2) is 0 Å². The summed E-state index contributed by atoms with van der Waals surface area (Å²) in [6.07, 6.45) is 1.30. The Morgan fingerprint density at radius 3 is 3.15 bits per heavy atom. The minimum Gasteiger partial charge on any atom is -0.383 e. The smallest absolute Gasteiger partial charge is 0.271 e. The molecule has 0 aliphatic heterocycles. The number of methoxy groups -OCH3 is 1. The Balaban J connectivity index is 2.58. The van der Waals surface area contributed by atoms with E-state index in [2.05, 4.69) is 15.3 Å². The SMILES string of the molecule is COCCNc1ncc(Cl)c(=O)[nH]1. The molecule has 0 saturated heterocycles. The van der Waals surface area contributed by atoms with Crippen LogP contribution in [0.2, 0.25) is 5.02 Å². The number of hydrogen-bond acceptors (Lipinski definition) is 4. The third-order valence-corrected chi connectivity index (χ3v) is 1.62. The maximum atomic E-state index is 11.0. The van der Waals surface area contributed by atoms with Crippen LogP contribution in [0.25, 0.3) is 0 Å². The van der Waals surface area contributed by atoms with Crippen molar-refractivity contribution >= 4 is 17.5 Å². The van der Waals surface area contributed by atoms with Gasteiger partial charge in [-0.05, 0) is 0 Å². The lowest BCUT2D eigenvalue weighted by Crippen LogP contribution is -2.15. The number of hydrogen-bond donors (Lipinski definition) is 2. The molecular weight excluding hydrogens is 194 g/mol. The zero-order valence-electron chi connectivity index (χ0n) is 7.13. The highest BCUT2D eigenvalue weighted by molar-refractivity contribution is 6.30. The van der Waals surface area contributed by atoms with Crippen molar-refractivity contribution in [2.24, 2.45) is 0 Å². The minimum atomic E-state index is -0.350. The predicted octanol–water partition coefficient (Wildman–Crippen LogP) is 0.482. The van der Waals surface area contributed by atoms with Crippen LogP contribution >= 0.6 is 11.6 Å². The maximum absolute atomic E-state index is 11.0. The molecule has 1 aromatic rings. The molecule has 0 fully saturated rings. The summed E-state index contributed by atoms with van der Waals surface area (Å²) in [5.41, 5.74) is -0.350. The molecule has 0 spiro atoms. The van der Waals surface area contributed by atoms with Crippen LogP contribution in [-0.2, 0) is 4.74 Å². The average molecular weight is 204 g/mol. The Morgan fingerprint density at radius 2 is 2.54 bits per heavy atom. The number of aromatic amines is 1. The number of nitrogens with one attached hydrogen (secondary N) is 2. The van der Waals surface area contributed by atoms with Crippen LogP contribution in [-0.4, -0.2) is 30.2 Å². The van der Waals surface area contributed by atoms with Crippen molar-refractivity contribution in [3.05, 3.63) is 21.6 Å². The molecule has 0 saturated carbocycles. The first-order valence-corrected chi connectivity index (χ1v) is 4.09. The molecule has 1 heterocycles. The monoisotopic (exact) mass is 203 g/mol. The van der Waals surface area contributed by atoms with Crippen molar-refractivity contribution in [3.8, 4) is 0 Å². The first-order valence-electron chi connectivity index (χ1n) is 3.71. The second-order valence-electron chi connectivity index (χ2n) is 2.33. The standard InChI is InChI=1S/C7H10ClN3O2/c1-13-3-2-9-7-10-4-5(8)6(12)11-7/h4H,2-3H2,1H3,(H2,9,10,11,12). The highest BCUT2D eigenvalue weighted by Crippen LogP contribution is 1.99. The molecule has 0 aromatic carbocycles. The van der Waals surface area contributed by atoms with Gasteiger partial charge < -0.3 is 10.1 Å². The molecule has 0 atom stereocenters. The Bertz CT molecular complexity index is 326. The third kappa shape index (κ3) is 3.04. The van der Waals surface area contributed by atoms with Gasteiger partial charge in [0, 0.05) is 13.7 Å². The van der Waals surface area contributed by atoms with Gasteiger partial charge in [-0.2, -0.15) is 0 Å². The first-order chi connectivity index (χ1) is 6.24. The van der Waals surface area contributed by atoms with Gasteiger partial charge in [0.05, 0.1) is 12.8 Å². The van der Waals surface area contributed by atoms with E-state index in [1.807, 2.05) is 0 Å². The van der Waals surface area contributed by atoms with E-state index < -0.39 is 0 Å². The van der Waals surface area contributed by atoms with Crippen LogP contribution in [0.5, 0.6) is 0 Å². The van der Waals surface area contributed by atoms with Gasteiger partial charge in [-0.1, -0.05) is 11.6 Å². The lowest BCUT2D eigenvalue weighted by Gasteiger charge is -2.03. The van der Waals surface area contributed by atoms with Gasteiger partial charge in [-0.15, -0.1) is 0 Å². The maximum Gasteiger partial charge on any atom is 0.271 e. The van der Waals surface area contributed by atoms with Crippen molar-refractivity contribution in [2.75, 3.05) is 25.6 Å². The summed E-state index contributed by atoms with van der Waals surface area (Å²) in [4.78, 5) is 17.3. The van der Waals surface area contributed by atoms with Gasteiger partial charge in [-0.3, -0.25) is 9.78 Å². The van der Waals surface area contributed by atoms with Gasteiger partial charge in [0.2, 0.25) is 5.95 Å². The number of halogens is 1. The van der Waals surface area contributed by atoms with Crippen LogP contribution in [0, 0.1) is 0 Å². The average Bonchev–Trinajstić information content (AvgIpc) is 2.12. The Labute approximate surface area is 80.1 Å². The van der Waals surface area contributed by atoms with Crippen LogP contribution < -0.4 is 10.9 Å². The van der Waals surface area contributed by atoms with E-state index in [9.17, 15) is 4.79 Å². The fourth-order valence-electron chi connectivity index (χ4n) is 0.741. The molecule has 5 nitrogen and oxygen atoms in total. The van der Waals surface area contributed by atoms with Gasteiger partial charge in [0.25, 0.3) is 5.56 Å². The van der Waals surface area contributed by atoms with E-state index in [-0.39, 0.29) is 10.6 Å². The molecule has 72 valence electrons. The van der Waals surface area contributed by atoms with Crippen molar-refractivity contribution < 1.29 is 4.74 Å². The van der Waals surface area contributed by atoms with E-state index in [0.29, 0.717) is 19.1 Å². The van der Waals surface area contributed by atoms with Crippen molar-refractivity contribution in [2.45, 2.75) is 0 Å². The highest BCUT2D eigenvalue weighted by Gasteiger charge is 1.97. The van der Waals surface area contributed by atoms with Crippen molar-refractivity contribution in [3.63, 3.8) is 0 Å². The molecule has 0 aliphatic carbocycles. The molecule has 6 heteroatoms. The van der Waals surface area contributed by atoms with Crippen LogP contribution in [0.3, 0.4) is 0 Å². The molecular formula is C7H10ClN3O2. The Kier molecular flexibility index (Phi) is 3.72. The number of nitrogens with zero attached hydrogens (tertiary/aromatic N) is 1. The molecule has 2 N–H and O–H groups in total. The van der Waals surface area contributed by atoms with E-state index in [4.69, 9.17) is 16.3 Å². The van der Waals surface area contributed by atoms with Crippen LogP contribution in [0.4, 0.5) is 5.95 Å². The number of aromatic nitrogens is 2. The number of H-pyrrole nitrogens is 1. The number of rotatable bonds is 4. The third-order valence-electron chi connectivity index (χ3n) is 1.35. The molecule has 13 heavy (non-hydrogen) atoms. The second-order valence-corrected chi connectivity index (χ2v) is 2.74. The topological polar surface area (TPSA) is 67.0 Å². The zero-order valence-corrected chi connectivity index (χ0v) is 7.89. The van der Waals surface area contributed by atoms with Crippen molar-refractivity contribution in [1.29, 1.82) is 0 Å². The largest absolute Gasteiger partial charge is 0.383 e. The van der Waals surface area contributed by atoms with Gasteiger partial charge in [-0.25, -0.2) is 4.98 Å². The number of ether oxygens (including phenoxy) is 1. The lowest BCUT2D eigenvalue weighted by molar-refractivity contribution is 0.210. The molecule has 1 aromatic heterocycles. The lowest BCUT2D eigenvalue weighted by atomic mass is 10.6. The van der Waals surface area contributed by atoms with Gasteiger partial charge in [0.1, 0.15) is 5.02 Å². The van der Waals surface area contributed by atoms with E-state index in [0.717, 1.165) is 0 Å². The van der Waals surface area contributed by atoms with Gasteiger partial charge >= 0.3 is 0 Å². The fraction of sp³-hybridized carbons (Fsp3) is 0.429. The summed E-state index contributed by atoms with van der Waals surface area (Å²) < 4.78 is 4.81. The van der Waals surface area contributed by atoms with E-state index in [1.54, 1.807) is 7.11 Å². The first kappa shape index (κ1) is 10.0. The van der Waals surface area contributed by atoms with Crippen LogP contribution in [0.15, 0.2) is 11.0 Å². The normalized spacial score (nSPS) is 10.0. The molecule has 0 radical (unpaired) electrons. The second kappa shape index (κ2) is 4.84. The predicted molar refractivity (Wildman–Crippen MR) is 50.2 cm³/mol. The summed E-state index contributed by atoms with van der Waals surface area (Å²) in [6, 6.07) is 0. The fourth-order valence-corrected chi connectivity index (χ4v) is 0.837. The molecule has 0 unspecified atom stereocenters. The zero-order chi connectivity index (χ0) is 9.68. The molecule has 0 bridgehead atoms. The summed E-state index contributed by atoms with van der Waals surface area (Å²) in [7, 11) is 1.60. The quantitative estimate of drug-likeness (QED) is 0.699. The van der Waals surface area contributed by atoms with E-state index >= 15 is 0 Å². The summed E-state index contributed by atoms with van der Waals surface area (Å²) >= 11 is 5.48. The Morgan fingerprint density at radius 1 is 1.77 bits per heavy atom. The molecule has 0 amide bonds. The summed E-state index contributed by atoms with van der Waals surface area (Å²) in [5.74, 6) is 0.395. The number of anilines is 1. The highest BCUT2D eigenvalue weighted by atomic mass is 35.5. The van der Waals surface area contributed by atoms with Crippen molar-refractivity contribution in [1.82, 2.24) is 9.97 Å². The minimum absolute atomic E-state index is 0.0808. The molecule has 1 rings (SSSR count). The van der Waals surface area contributed by atoms with E-state index in [1.165, 1.54) is 6.20 Å². The van der Waals surface area contributed by atoms with Crippen LogP contribution in [0.1, 0.15) is 0 Å². The molecule has 0 aliphatic rings. The Hall–Kier alpha value is -1.07. The summed E-state index contributed by atoms with van der Waals surface area (Å²) in [6.45, 7) is 1.13. The summed E-state index contributed by atoms with van der Waals surface area (Å²) in [5, 5.41) is 2.94.